The van der Waals surface area contributed by atoms with Crippen LogP contribution in [-0.4, -0.2) is 28.3 Å². The molecule has 4 heteroatoms. The van der Waals surface area contributed by atoms with E-state index < -0.39 is 11.1 Å². The molecule has 0 radical (unpaired) electrons. The topological polar surface area (TPSA) is 72.5 Å². The second kappa shape index (κ2) is 4.10. The third-order valence-electron chi connectivity index (χ3n) is 2.65. The number of hydrogen-bond acceptors (Lipinski definition) is 4. The standard InChI is InChI=1S/C11H21NO3/c1-10(2,3)15-9(14)11(12)6-4-8(13)5-7-11/h8,13H,4-7,12H2,1-3H3. The van der Waals surface area contributed by atoms with Crippen molar-refractivity contribution in [2.75, 3.05) is 0 Å². The number of carbonyl (C=O) groups is 1. The molecule has 88 valence electrons. The highest BCUT2D eigenvalue weighted by Crippen LogP contribution is 2.28. The van der Waals surface area contributed by atoms with Gasteiger partial charge >= 0.3 is 5.97 Å². The SMILES string of the molecule is CC(C)(C)OC(=O)C1(N)CCC(O)CC1. The third kappa shape index (κ3) is 3.47. The van der Waals surface area contributed by atoms with Crippen molar-refractivity contribution in [2.24, 2.45) is 5.73 Å². The van der Waals surface area contributed by atoms with Gasteiger partial charge in [-0.15, -0.1) is 0 Å². The molecule has 0 aromatic carbocycles. The Morgan fingerprint density at radius 1 is 1.40 bits per heavy atom. The molecule has 0 aromatic heterocycles. The normalized spacial score (nSPS) is 32.5. The fraction of sp³-hybridized carbons (Fsp3) is 0.909. The highest BCUT2D eigenvalue weighted by molar-refractivity contribution is 5.81. The zero-order valence-corrected chi connectivity index (χ0v) is 9.75. The van der Waals surface area contributed by atoms with E-state index in [2.05, 4.69) is 0 Å². The summed E-state index contributed by atoms with van der Waals surface area (Å²) in [6.07, 6.45) is 1.85. The van der Waals surface area contributed by atoms with Gasteiger partial charge in [-0.25, -0.2) is 0 Å². The molecular formula is C11H21NO3. The molecular weight excluding hydrogens is 194 g/mol. The van der Waals surface area contributed by atoms with Gasteiger partial charge < -0.3 is 15.6 Å². The highest BCUT2D eigenvalue weighted by atomic mass is 16.6. The van der Waals surface area contributed by atoms with Gasteiger partial charge in [0, 0.05) is 0 Å². The summed E-state index contributed by atoms with van der Waals surface area (Å²) in [5, 5.41) is 9.35. The quantitative estimate of drug-likeness (QED) is 0.639. The Balaban J connectivity index is 2.58. The summed E-state index contributed by atoms with van der Waals surface area (Å²) in [6, 6.07) is 0. The van der Waals surface area contributed by atoms with Crippen LogP contribution in [0.4, 0.5) is 0 Å². The zero-order chi connectivity index (χ0) is 11.7. The van der Waals surface area contributed by atoms with Crippen molar-refractivity contribution in [2.45, 2.75) is 63.7 Å². The largest absolute Gasteiger partial charge is 0.459 e. The van der Waals surface area contributed by atoms with Crippen molar-refractivity contribution in [3.63, 3.8) is 0 Å². The molecule has 0 aliphatic heterocycles. The van der Waals surface area contributed by atoms with Gasteiger partial charge in [0.15, 0.2) is 0 Å². The Morgan fingerprint density at radius 2 is 1.87 bits per heavy atom. The summed E-state index contributed by atoms with van der Waals surface area (Å²) in [5.41, 5.74) is 4.59. The number of ether oxygens (including phenoxy) is 1. The number of hydrogen-bond donors (Lipinski definition) is 2. The second-order valence-electron chi connectivity index (χ2n) is 5.39. The maximum atomic E-state index is 11.8. The first kappa shape index (κ1) is 12.5. The summed E-state index contributed by atoms with van der Waals surface area (Å²) < 4.78 is 5.27. The Bertz CT molecular complexity index is 237. The molecule has 0 unspecified atom stereocenters. The van der Waals surface area contributed by atoms with E-state index in [1.54, 1.807) is 0 Å². The molecule has 0 heterocycles. The van der Waals surface area contributed by atoms with E-state index in [4.69, 9.17) is 10.5 Å². The van der Waals surface area contributed by atoms with Crippen LogP contribution in [0.5, 0.6) is 0 Å². The Hall–Kier alpha value is -0.610. The van der Waals surface area contributed by atoms with Crippen molar-refractivity contribution < 1.29 is 14.6 Å². The lowest BCUT2D eigenvalue weighted by Crippen LogP contribution is -2.53. The number of nitrogens with two attached hydrogens (primary N) is 1. The van der Waals surface area contributed by atoms with Gasteiger partial charge in [0.1, 0.15) is 11.1 Å². The number of rotatable bonds is 1. The van der Waals surface area contributed by atoms with Gasteiger partial charge in [-0.05, 0) is 46.5 Å². The number of aliphatic hydroxyl groups is 1. The monoisotopic (exact) mass is 215 g/mol. The molecule has 0 bridgehead atoms. The van der Waals surface area contributed by atoms with Crippen molar-refractivity contribution in [1.82, 2.24) is 0 Å². The molecule has 1 fully saturated rings. The van der Waals surface area contributed by atoms with Crippen LogP contribution in [0.2, 0.25) is 0 Å². The van der Waals surface area contributed by atoms with Crippen LogP contribution < -0.4 is 5.73 Å². The molecule has 1 aliphatic carbocycles. The molecule has 4 nitrogen and oxygen atoms in total. The van der Waals surface area contributed by atoms with Crippen LogP contribution in [0.3, 0.4) is 0 Å². The van der Waals surface area contributed by atoms with Crippen molar-refractivity contribution in [1.29, 1.82) is 0 Å². The van der Waals surface area contributed by atoms with Crippen LogP contribution in [0, 0.1) is 0 Å². The molecule has 1 saturated carbocycles. The van der Waals surface area contributed by atoms with Crippen LogP contribution in [0.25, 0.3) is 0 Å². The second-order valence-corrected chi connectivity index (χ2v) is 5.39. The van der Waals surface area contributed by atoms with Crippen LogP contribution in [0.1, 0.15) is 46.5 Å². The van der Waals surface area contributed by atoms with Gasteiger partial charge in [-0.2, -0.15) is 0 Å². The molecule has 3 N–H and O–H groups in total. The minimum Gasteiger partial charge on any atom is -0.459 e. The van der Waals surface area contributed by atoms with Crippen molar-refractivity contribution in [3.8, 4) is 0 Å². The fourth-order valence-corrected chi connectivity index (χ4v) is 1.70. The van der Waals surface area contributed by atoms with E-state index in [-0.39, 0.29) is 12.1 Å². The highest BCUT2D eigenvalue weighted by Gasteiger charge is 2.40. The van der Waals surface area contributed by atoms with Crippen molar-refractivity contribution >= 4 is 5.97 Å². The summed E-state index contributed by atoms with van der Waals surface area (Å²) in [6.45, 7) is 5.48. The number of aliphatic hydroxyl groups excluding tert-OH is 1. The van der Waals surface area contributed by atoms with E-state index >= 15 is 0 Å². The van der Waals surface area contributed by atoms with E-state index in [9.17, 15) is 9.90 Å². The first-order valence-electron chi connectivity index (χ1n) is 5.43. The number of esters is 1. The maximum absolute atomic E-state index is 11.8. The lowest BCUT2D eigenvalue weighted by atomic mass is 9.81. The fourth-order valence-electron chi connectivity index (χ4n) is 1.70. The van der Waals surface area contributed by atoms with E-state index in [0.29, 0.717) is 25.7 Å². The average molecular weight is 215 g/mol. The van der Waals surface area contributed by atoms with E-state index in [0.717, 1.165) is 0 Å². The summed E-state index contributed by atoms with van der Waals surface area (Å²) >= 11 is 0. The van der Waals surface area contributed by atoms with Gasteiger partial charge in [0.25, 0.3) is 0 Å². The molecule has 0 spiro atoms. The lowest BCUT2D eigenvalue weighted by Gasteiger charge is -2.35. The summed E-state index contributed by atoms with van der Waals surface area (Å²) in [5.74, 6) is -0.345. The Labute approximate surface area is 90.8 Å². The average Bonchev–Trinajstić information content (AvgIpc) is 2.07. The minimum atomic E-state index is -0.896. The van der Waals surface area contributed by atoms with Gasteiger partial charge in [-0.1, -0.05) is 0 Å². The first-order valence-corrected chi connectivity index (χ1v) is 5.43. The van der Waals surface area contributed by atoms with E-state index in [1.807, 2.05) is 20.8 Å². The van der Waals surface area contributed by atoms with Crippen molar-refractivity contribution in [3.05, 3.63) is 0 Å². The summed E-state index contributed by atoms with van der Waals surface area (Å²) in [7, 11) is 0. The van der Waals surface area contributed by atoms with Gasteiger partial charge in [0.05, 0.1) is 6.10 Å². The van der Waals surface area contributed by atoms with Crippen LogP contribution >= 0.6 is 0 Å². The van der Waals surface area contributed by atoms with E-state index in [1.165, 1.54) is 0 Å². The predicted molar refractivity (Wildman–Crippen MR) is 57.2 cm³/mol. The Kier molecular flexibility index (Phi) is 3.41. The molecule has 0 saturated heterocycles. The maximum Gasteiger partial charge on any atom is 0.326 e. The Morgan fingerprint density at radius 3 is 2.27 bits per heavy atom. The molecule has 1 rings (SSSR count). The molecule has 1 aliphatic rings. The first-order chi connectivity index (χ1) is 6.73. The molecule has 0 amide bonds. The molecule has 0 atom stereocenters. The third-order valence-corrected chi connectivity index (χ3v) is 2.65. The summed E-state index contributed by atoms with van der Waals surface area (Å²) in [4.78, 5) is 11.8. The van der Waals surface area contributed by atoms with Gasteiger partial charge in [-0.3, -0.25) is 4.79 Å². The smallest absolute Gasteiger partial charge is 0.326 e. The lowest BCUT2D eigenvalue weighted by molar-refractivity contribution is -0.163. The minimum absolute atomic E-state index is 0.316. The van der Waals surface area contributed by atoms with Crippen LogP contribution in [-0.2, 0) is 9.53 Å². The molecule has 15 heavy (non-hydrogen) atoms. The number of carbonyl (C=O) groups excluding carboxylic acids is 1. The van der Waals surface area contributed by atoms with Crippen LogP contribution in [0.15, 0.2) is 0 Å². The zero-order valence-electron chi connectivity index (χ0n) is 9.75. The molecule has 0 aromatic rings. The van der Waals surface area contributed by atoms with Gasteiger partial charge in [0.2, 0.25) is 0 Å². The predicted octanol–water partition coefficient (Wildman–Crippen LogP) is 0.960.